The first kappa shape index (κ1) is 19.1. The maximum atomic E-state index is 13.1. The van der Waals surface area contributed by atoms with Crippen LogP contribution in [0.1, 0.15) is 0 Å². The van der Waals surface area contributed by atoms with Gasteiger partial charge in [0.05, 0.1) is 12.3 Å². The van der Waals surface area contributed by atoms with Gasteiger partial charge < -0.3 is 20.6 Å². The largest absolute Gasteiger partial charge is 0.486 e. The number of carbonyl (C=O) groups excluding carboxylic acids is 1. The molecule has 0 aliphatic carbocycles. The van der Waals surface area contributed by atoms with E-state index in [2.05, 4.69) is 15.5 Å². The van der Waals surface area contributed by atoms with Gasteiger partial charge >= 0.3 is 0 Å². The normalized spacial score (nSPS) is 15.1. The van der Waals surface area contributed by atoms with E-state index in [0.29, 0.717) is 41.2 Å². The number of nitrogens with zero attached hydrogens (tertiary/aromatic N) is 3. The Morgan fingerprint density at radius 2 is 1.97 bits per heavy atom. The van der Waals surface area contributed by atoms with E-state index >= 15 is 0 Å². The lowest BCUT2D eigenvalue weighted by Crippen LogP contribution is -2.41. The standard InChI is InChI=1S/C19H18FN5O3S/c20-13-7-5-12(6-8-13)18-23-24-19(25(18)21)29-11-17(26)22-9-14-10-27-15-3-1-2-4-16(15)28-14/h1-8,14H,9-11,21H2,(H,22,26). The number of para-hydroxylation sites is 2. The molecule has 4 rings (SSSR count). The van der Waals surface area contributed by atoms with E-state index in [1.54, 1.807) is 12.1 Å². The molecule has 0 radical (unpaired) electrons. The zero-order valence-electron chi connectivity index (χ0n) is 15.2. The second-order valence-electron chi connectivity index (χ2n) is 6.27. The van der Waals surface area contributed by atoms with Crippen molar-refractivity contribution in [3.8, 4) is 22.9 Å². The maximum absolute atomic E-state index is 13.1. The molecule has 0 saturated carbocycles. The lowest BCUT2D eigenvalue weighted by Gasteiger charge is -2.26. The fraction of sp³-hybridized carbons (Fsp3) is 0.211. The number of nitrogen functional groups attached to an aromatic ring is 1. The smallest absolute Gasteiger partial charge is 0.230 e. The number of hydrogen-bond acceptors (Lipinski definition) is 7. The van der Waals surface area contributed by atoms with Crippen LogP contribution in [0.2, 0.25) is 0 Å². The number of ether oxygens (including phenoxy) is 2. The SMILES string of the molecule is Nn1c(SCC(=O)NCC2COc3ccccc3O2)nnc1-c1ccc(F)cc1. The van der Waals surface area contributed by atoms with Crippen LogP contribution >= 0.6 is 11.8 Å². The van der Waals surface area contributed by atoms with Crippen molar-refractivity contribution in [1.29, 1.82) is 0 Å². The third-order valence-corrected chi connectivity index (χ3v) is 5.14. The third-order valence-electron chi connectivity index (χ3n) is 4.19. The molecule has 1 aromatic heterocycles. The molecule has 3 aromatic rings. The third kappa shape index (κ3) is 4.43. The number of halogens is 1. The molecule has 1 unspecified atom stereocenters. The number of nitrogens with two attached hydrogens (primary N) is 1. The predicted molar refractivity (Wildman–Crippen MR) is 106 cm³/mol. The summed E-state index contributed by atoms with van der Waals surface area (Å²) in [5.41, 5.74) is 0.632. The number of thioether (sulfide) groups is 1. The number of hydrogen-bond donors (Lipinski definition) is 2. The number of benzene rings is 2. The van der Waals surface area contributed by atoms with E-state index < -0.39 is 0 Å². The summed E-state index contributed by atoms with van der Waals surface area (Å²) in [6.45, 7) is 0.687. The molecule has 0 saturated heterocycles. The molecule has 8 nitrogen and oxygen atoms in total. The number of nitrogens with one attached hydrogen (secondary N) is 1. The van der Waals surface area contributed by atoms with Gasteiger partial charge in [0.1, 0.15) is 18.5 Å². The van der Waals surface area contributed by atoms with E-state index in [0.717, 1.165) is 11.8 Å². The Labute approximate surface area is 170 Å². The second-order valence-corrected chi connectivity index (χ2v) is 7.22. The fourth-order valence-electron chi connectivity index (χ4n) is 2.74. The predicted octanol–water partition coefficient (Wildman–Crippen LogP) is 1.85. The van der Waals surface area contributed by atoms with Crippen LogP contribution in [-0.4, -0.2) is 45.8 Å². The van der Waals surface area contributed by atoms with E-state index in [9.17, 15) is 9.18 Å². The highest BCUT2D eigenvalue weighted by Crippen LogP contribution is 2.30. The molecule has 1 atom stereocenters. The maximum Gasteiger partial charge on any atom is 0.230 e. The number of aromatic nitrogens is 3. The van der Waals surface area contributed by atoms with Gasteiger partial charge in [0.2, 0.25) is 11.1 Å². The van der Waals surface area contributed by atoms with Crippen molar-refractivity contribution in [2.75, 3.05) is 24.7 Å². The van der Waals surface area contributed by atoms with Crippen LogP contribution in [0.25, 0.3) is 11.4 Å². The molecule has 0 spiro atoms. The zero-order chi connectivity index (χ0) is 20.2. The molecular weight excluding hydrogens is 397 g/mol. The summed E-state index contributed by atoms with van der Waals surface area (Å²) in [6.07, 6.45) is -0.262. The van der Waals surface area contributed by atoms with Crippen molar-refractivity contribution in [2.45, 2.75) is 11.3 Å². The molecule has 29 heavy (non-hydrogen) atoms. The van der Waals surface area contributed by atoms with Crippen LogP contribution < -0.4 is 20.6 Å². The van der Waals surface area contributed by atoms with Gasteiger partial charge in [-0.1, -0.05) is 23.9 Å². The van der Waals surface area contributed by atoms with E-state index in [4.69, 9.17) is 15.3 Å². The first-order valence-electron chi connectivity index (χ1n) is 8.84. The van der Waals surface area contributed by atoms with Gasteiger partial charge in [-0.2, -0.15) is 0 Å². The molecular formula is C19H18FN5O3S. The van der Waals surface area contributed by atoms with E-state index in [-0.39, 0.29) is 23.6 Å². The minimum atomic E-state index is -0.348. The number of amides is 1. The van der Waals surface area contributed by atoms with E-state index in [1.807, 2.05) is 24.3 Å². The van der Waals surface area contributed by atoms with Crippen molar-refractivity contribution in [3.05, 3.63) is 54.3 Å². The van der Waals surface area contributed by atoms with Crippen molar-refractivity contribution in [2.24, 2.45) is 0 Å². The Hall–Kier alpha value is -3.27. The van der Waals surface area contributed by atoms with Gasteiger partial charge in [0.25, 0.3) is 0 Å². The molecule has 10 heteroatoms. The number of fused-ring (bicyclic) bond motifs is 1. The summed E-state index contributed by atoms with van der Waals surface area (Å²) >= 11 is 1.16. The van der Waals surface area contributed by atoms with Gasteiger partial charge in [-0.05, 0) is 36.4 Å². The topological polar surface area (TPSA) is 104 Å². The van der Waals surface area contributed by atoms with Crippen LogP contribution in [0, 0.1) is 5.82 Å². The molecule has 2 heterocycles. The van der Waals surface area contributed by atoms with Crippen LogP contribution in [-0.2, 0) is 4.79 Å². The molecule has 1 amide bonds. The monoisotopic (exact) mass is 415 g/mol. The van der Waals surface area contributed by atoms with Crippen molar-refractivity contribution in [1.82, 2.24) is 20.2 Å². The molecule has 1 aliphatic heterocycles. The molecule has 0 fully saturated rings. The van der Waals surface area contributed by atoms with E-state index in [1.165, 1.54) is 16.8 Å². The summed E-state index contributed by atoms with van der Waals surface area (Å²) in [6, 6.07) is 13.2. The number of carbonyl (C=O) groups is 1. The van der Waals surface area contributed by atoms with Gasteiger partial charge in [-0.3, -0.25) is 4.79 Å². The quantitative estimate of drug-likeness (QED) is 0.468. The first-order chi connectivity index (χ1) is 14.1. The molecule has 1 aliphatic rings. The number of rotatable bonds is 6. The van der Waals surface area contributed by atoms with Crippen LogP contribution in [0.5, 0.6) is 11.5 Å². The minimum Gasteiger partial charge on any atom is -0.486 e. The summed E-state index contributed by atoms with van der Waals surface area (Å²) in [5.74, 6) is 7.33. The summed E-state index contributed by atoms with van der Waals surface area (Å²) in [4.78, 5) is 12.2. The fourth-order valence-corrected chi connectivity index (χ4v) is 3.43. The second kappa shape index (κ2) is 8.39. The Morgan fingerprint density at radius 1 is 1.21 bits per heavy atom. The average molecular weight is 415 g/mol. The Balaban J connectivity index is 1.28. The van der Waals surface area contributed by atoms with Crippen molar-refractivity contribution >= 4 is 17.7 Å². The molecule has 0 bridgehead atoms. The van der Waals surface area contributed by atoms with Crippen molar-refractivity contribution in [3.63, 3.8) is 0 Å². The molecule has 3 N–H and O–H groups in total. The molecule has 150 valence electrons. The van der Waals surface area contributed by atoms with Crippen molar-refractivity contribution < 1.29 is 18.7 Å². The van der Waals surface area contributed by atoms with Gasteiger partial charge in [0.15, 0.2) is 17.3 Å². The Bertz CT molecular complexity index is 1010. The minimum absolute atomic E-state index is 0.114. The highest BCUT2D eigenvalue weighted by atomic mass is 32.2. The summed E-state index contributed by atoms with van der Waals surface area (Å²) < 4.78 is 25.8. The highest BCUT2D eigenvalue weighted by molar-refractivity contribution is 7.99. The van der Waals surface area contributed by atoms with Crippen LogP contribution in [0.15, 0.2) is 53.7 Å². The summed E-state index contributed by atoms with van der Waals surface area (Å²) in [5, 5.41) is 11.2. The zero-order valence-corrected chi connectivity index (χ0v) is 16.1. The lowest BCUT2D eigenvalue weighted by molar-refractivity contribution is -0.119. The van der Waals surface area contributed by atoms with Crippen LogP contribution in [0.4, 0.5) is 4.39 Å². The van der Waals surface area contributed by atoms with Gasteiger partial charge in [0, 0.05) is 5.56 Å². The van der Waals surface area contributed by atoms with Gasteiger partial charge in [-0.25, -0.2) is 9.07 Å². The Kier molecular flexibility index (Phi) is 5.52. The van der Waals surface area contributed by atoms with Crippen LogP contribution in [0.3, 0.4) is 0 Å². The van der Waals surface area contributed by atoms with Gasteiger partial charge in [-0.15, -0.1) is 10.2 Å². The first-order valence-corrected chi connectivity index (χ1v) is 9.83. The average Bonchev–Trinajstić information content (AvgIpc) is 3.11. The highest BCUT2D eigenvalue weighted by Gasteiger charge is 2.21. The lowest BCUT2D eigenvalue weighted by atomic mass is 10.2. The summed E-state index contributed by atoms with van der Waals surface area (Å²) in [7, 11) is 0. The Morgan fingerprint density at radius 3 is 2.76 bits per heavy atom. The molecule has 2 aromatic carbocycles.